The van der Waals surface area contributed by atoms with Crippen molar-refractivity contribution in [1.82, 2.24) is 20.1 Å². The van der Waals surface area contributed by atoms with Crippen molar-refractivity contribution in [1.29, 1.82) is 0 Å². The summed E-state index contributed by atoms with van der Waals surface area (Å²) < 4.78 is 1.74. The summed E-state index contributed by atoms with van der Waals surface area (Å²) in [5.41, 5.74) is 1.62. The number of nitrogens with one attached hydrogen (secondary N) is 1. The minimum absolute atomic E-state index is 0.0307. The highest BCUT2D eigenvalue weighted by Crippen LogP contribution is 2.17. The zero-order valence-corrected chi connectivity index (χ0v) is 13.4. The minimum atomic E-state index is -0.0307. The van der Waals surface area contributed by atoms with E-state index in [2.05, 4.69) is 21.7 Å². The number of carbonyl (C=O) groups excluding carboxylic acids is 1. The van der Waals surface area contributed by atoms with Gasteiger partial charge in [0.15, 0.2) is 5.82 Å². The molecule has 112 valence electrons. The lowest BCUT2D eigenvalue weighted by atomic mass is 10.1. The number of amides is 1. The van der Waals surface area contributed by atoms with Gasteiger partial charge in [0.05, 0.1) is 0 Å². The van der Waals surface area contributed by atoms with Crippen LogP contribution < -0.4 is 5.32 Å². The molecule has 0 aliphatic heterocycles. The molecule has 0 saturated heterocycles. The molecule has 1 amide bonds. The molecule has 6 heteroatoms. The van der Waals surface area contributed by atoms with Gasteiger partial charge in [-0.2, -0.15) is 16.9 Å². The largest absolute Gasteiger partial charge is 0.352 e. The number of aryl methyl sites for hydroxylation is 2. The third-order valence-electron chi connectivity index (χ3n) is 3.09. The molecule has 0 aliphatic carbocycles. The maximum absolute atomic E-state index is 12.0. The highest BCUT2D eigenvalue weighted by Gasteiger charge is 2.09. The van der Waals surface area contributed by atoms with Crippen LogP contribution in [0.1, 0.15) is 22.6 Å². The molecule has 0 saturated carbocycles. The van der Waals surface area contributed by atoms with E-state index in [1.807, 2.05) is 38.2 Å². The zero-order chi connectivity index (χ0) is 15.2. The van der Waals surface area contributed by atoms with Crippen LogP contribution in [0.4, 0.5) is 0 Å². The number of hydrogen-bond acceptors (Lipinski definition) is 4. The van der Waals surface area contributed by atoms with E-state index in [-0.39, 0.29) is 5.91 Å². The molecule has 1 heterocycles. The molecule has 0 atom stereocenters. The van der Waals surface area contributed by atoms with Crippen molar-refractivity contribution in [2.75, 3.05) is 18.6 Å². The van der Waals surface area contributed by atoms with Crippen LogP contribution in [0, 0.1) is 6.92 Å². The maximum atomic E-state index is 12.0. The van der Waals surface area contributed by atoms with Crippen LogP contribution in [-0.2, 0) is 7.05 Å². The Balaban J connectivity index is 2.02. The Bertz CT molecular complexity index is 607. The molecule has 1 N–H and O–H groups in total. The van der Waals surface area contributed by atoms with E-state index >= 15 is 0 Å². The van der Waals surface area contributed by atoms with Gasteiger partial charge < -0.3 is 5.32 Å². The molecule has 1 aromatic heterocycles. The van der Waals surface area contributed by atoms with Gasteiger partial charge in [-0.3, -0.25) is 4.79 Å². The molecule has 2 aromatic rings. The second-order valence-corrected chi connectivity index (χ2v) is 5.77. The lowest BCUT2D eigenvalue weighted by Gasteiger charge is -2.05. The van der Waals surface area contributed by atoms with Crippen LogP contribution in [0.3, 0.4) is 0 Å². The van der Waals surface area contributed by atoms with Crippen molar-refractivity contribution in [3.8, 4) is 11.4 Å². The van der Waals surface area contributed by atoms with Gasteiger partial charge in [0.25, 0.3) is 5.91 Å². The predicted molar refractivity (Wildman–Crippen MR) is 86.5 cm³/mol. The summed E-state index contributed by atoms with van der Waals surface area (Å²) in [5, 5.41) is 7.15. The SMILES string of the molecule is CSCCCNC(=O)c1ccc(-c2nc(C)nn2C)cc1. The van der Waals surface area contributed by atoms with Crippen LogP contribution in [-0.4, -0.2) is 39.2 Å². The van der Waals surface area contributed by atoms with Crippen molar-refractivity contribution < 1.29 is 4.79 Å². The van der Waals surface area contributed by atoms with Gasteiger partial charge in [-0.15, -0.1) is 0 Å². The molecule has 2 rings (SSSR count). The van der Waals surface area contributed by atoms with Gasteiger partial charge >= 0.3 is 0 Å². The number of carbonyl (C=O) groups is 1. The van der Waals surface area contributed by atoms with Crippen LogP contribution in [0.15, 0.2) is 24.3 Å². The average Bonchev–Trinajstić information content (AvgIpc) is 2.82. The second kappa shape index (κ2) is 7.26. The van der Waals surface area contributed by atoms with E-state index in [1.165, 1.54) is 0 Å². The lowest BCUT2D eigenvalue weighted by Crippen LogP contribution is -2.24. The Morgan fingerprint density at radius 1 is 1.33 bits per heavy atom. The zero-order valence-electron chi connectivity index (χ0n) is 12.6. The number of thioether (sulfide) groups is 1. The number of rotatable bonds is 6. The summed E-state index contributed by atoms with van der Waals surface area (Å²) in [6, 6.07) is 7.45. The van der Waals surface area contributed by atoms with Gasteiger partial charge in [-0.05, 0) is 37.5 Å². The first-order valence-electron chi connectivity index (χ1n) is 6.87. The molecule has 21 heavy (non-hydrogen) atoms. The van der Waals surface area contributed by atoms with Crippen molar-refractivity contribution in [3.05, 3.63) is 35.7 Å². The smallest absolute Gasteiger partial charge is 0.251 e. The van der Waals surface area contributed by atoms with Crippen LogP contribution in [0.2, 0.25) is 0 Å². The van der Waals surface area contributed by atoms with Crippen molar-refractivity contribution in [2.45, 2.75) is 13.3 Å². The molecule has 0 bridgehead atoms. The molecule has 0 fully saturated rings. The van der Waals surface area contributed by atoms with Crippen LogP contribution >= 0.6 is 11.8 Å². The van der Waals surface area contributed by atoms with E-state index in [9.17, 15) is 4.79 Å². The Morgan fingerprint density at radius 2 is 2.05 bits per heavy atom. The quantitative estimate of drug-likeness (QED) is 0.832. The molecule has 5 nitrogen and oxygen atoms in total. The second-order valence-electron chi connectivity index (χ2n) is 4.79. The molecule has 1 aromatic carbocycles. The average molecular weight is 304 g/mol. The van der Waals surface area contributed by atoms with Crippen LogP contribution in [0.25, 0.3) is 11.4 Å². The summed E-state index contributed by atoms with van der Waals surface area (Å²) in [4.78, 5) is 16.3. The molecule has 0 aliphatic rings. The standard InChI is InChI=1S/C15H20N4OS/c1-11-17-14(19(2)18-11)12-5-7-13(8-6-12)15(20)16-9-4-10-21-3/h5-8H,4,9-10H2,1-3H3,(H,16,20). The first-order chi connectivity index (χ1) is 10.1. The Hall–Kier alpha value is -1.82. The summed E-state index contributed by atoms with van der Waals surface area (Å²) >= 11 is 1.79. The normalized spacial score (nSPS) is 10.6. The molecule has 0 unspecified atom stereocenters. The van der Waals surface area contributed by atoms with Crippen molar-refractivity contribution in [2.24, 2.45) is 7.05 Å². The number of benzene rings is 1. The summed E-state index contributed by atoms with van der Waals surface area (Å²) in [7, 11) is 1.86. The Labute approximate surface area is 129 Å². The summed E-state index contributed by atoms with van der Waals surface area (Å²) in [6.45, 7) is 2.57. The molecule has 0 spiro atoms. The third-order valence-corrected chi connectivity index (χ3v) is 3.78. The fourth-order valence-electron chi connectivity index (χ4n) is 2.05. The number of aromatic nitrogens is 3. The first-order valence-corrected chi connectivity index (χ1v) is 8.26. The third kappa shape index (κ3) is 4.07. The first kappa shape index (κ1) is 15.6. The monoisotopic (exact) mass is 304 g/mol. The van der Waals surface area contributed by atoms with E-state index in [0.717, 1.165) is 29.4 Å². The number of nitrogens with zero attached hydrogens (tertiary/aromatic N) is 3. The topological polar surface area (TPSA) is 59.8 Å². The van der Waals surface area contributed by atoms with Gasteiger partial charge in [-0.25, -0.2) is 9.67 Å². The van der Waals surface area contributed by atoms with Gasteiger partial charge in [0.2, 0.25) is 0 Å². The predicted octanol–water partition coefficient (Wildman–Crippen LogP) is 2.27. The van der Waals surface area contributed by atoms with Gasteiger partial charge in [0.1, 0.15) is 5.82 Å². The fraction of sp³-hybridized carbons (Fsp3) is 0.400. The molecular weight excluding hydrogens is 284 g/mol. The molecular formula is C15H20N4OS. The van der Waals surface area contributed by atoms with E-state index < -0.39 is 0 Å². The Kier molecular flexibility index (Phi) is 5.38. The maximum Gasteiger partial charge on any atom is 0.251 e. The van der Waals surface area contributed by atoms with E-state index in [1.54, 1.807) is 16.4 Å². The fourth-order valence-corrected chi connectivity index (χ4v) is 2.49. The lowest BCUT2D eigenvalue weighted by molar-refractivity contribution is 0.0954. The minimum Gasteiger partial charge on any atom is -0.352 e. The number of hydrogen-bond donors (Lipinski definition) is 1. The van der Waals surface area contributed by atoms with E-state index in [4.69, 9.17) is 0 Å². The molecule has 0 radical (unpaired) electrons. The summed E-state index contributed by atoms with van der Waals surface area (Å²) in [5.74, 6) is 2.57. The highest BCUT2D eigenvalue weighted by atomic mass is 32.2. The highest BCUT2D eigenvalue weighted by molar-refractivity contribution is 7.98. The van der Waals surface area contributed by atoms with E-state index in [0.29, 0.717) is 12.1 Å². The summed E-state index contributed by atoms with van der Waals surface area (Å²) in [6.07, 6.45) is 3.05. The Morgan fingerprint density at radius 3 is 2.62 bits per heavy atom. The van der Waals surface area contributed by atoms with Crippen molar-refractivity contribution in [3.63, 3.8) is 0 Å². The van der Waals surface area contributed by atoms with Gasteiger partial charge in [-0.1, -0.05) is 12.1 Å². The van der Waals surface area contributed by atoms with Gasteiger partial charge in [0, 0.05) is 24.7 Å². The van der Waals surface area contributed by atoms with Crippen molar-refractivity contribution >= 4 is 17.7 Å². The van der Waals surface area contributed by atoms with Crippen LogP contribution in [0.5, 0.6) is 0 Å².